The fourth-order valence-corrected chi connectivity index (χ4v) is 38.5. The summed E-state index contributed by atoms with van der Waals surface area (Å²) in [7, 11) is -32.5. The van der Waals surface area contributed by atoms with Crippen LogP contribution in [0.5, 0.6) is 0 Å². The van der Waals surface area contributed by atoms with Crippen LogP contribution in [-0.2, 0) is 37.0 Å². The van der Waals surface area contributed by atoms with Crippen LogP contribution >= 0.6 is 0 Å². The molecule has 7 aromatic carbocycles. The van der Waals surface area contributed by atoms with E-state index >= 15 is 0 Å². The summed E-state index contributed by atoms with van der Waals surface area (Å²) in [4.78, 5) is 39.2. The molecule has 3 fully saturated rings. The highest BCUT2D eigenvalue weighted by atomic mass is 28.6. The maximum atomic E-state index is 13.3. The molecule has 3 aliphatic heterocycles. The van der Waals surface area contributed by atoms with Crippen LogP contribution < -0.4 is 31.1 Å². The lowest BCUT2D eigenvalue weighted by Crippen LogP contribution is -2.88. The quantitative estimate of drug-likeness (QED) is 0.210. The van der Waals surface area contributed by atoms with Crippen molar-refractivity contribution in [3.8, 4) is 0 Å². The Balaban J connectivity index is 0.000000639. The van der Waals surface area contributed by atoms with Crippen molar-refractivity contribution < 1.29 is 51.4 Å². The monoisotopic (exact) mass is 946 g/mol. The Morgan fingerprint density at radius 3 is 0.855 bits per heavy atom. The van der Waals surface area contributed by atoms with Crippen LogP contribution in [0.15, 0.2) is 212 Å². The van der Waals surface area contributed by atoms with E-state index in [0.29, 0.717) is 15.6 Å². The van der Waals surface area contributed by atoms with Gasteiger partial charge in [0.1, 0.15) is 0 Å². The molecule has 7 aromatic rings. The lowest BCUT2D eigenvalue weighted by atomic mass is 10.2. The number of benzene rings is 7. The molecule has 12 nitrogen and oxygen atoms in total. The lowest BCUT2D eigenvalue weighted by molar-refractivity contribution is 0.0416. The topological polar surface area (TPSA) is 144 Å². The first-order chi connectivity index (χ1) is 30.1. The Kier molecular flexibility index (Phi) is 12.2. The third kappa shape index (κ3) is 8.62. The molecule has 0 saturated carbocycles. The molecule has 0 radical (unpaired) electrons. The highest BCUT2D eigenvalue weighted by Gasteiger charge is 2.76. The lowest BCUT2D eigenvalue weighted by Gasteiger charge is -2.54. The molecule has 19 heteroatoms. The Morgan fingerprint density at radius 2 is 0.548 bits per heavy atom. The molecule has 314 valence electrons. The molecule has 3 N–H and O–H groups in total. The molecule has 0 aliphatic carbocycles. The van der Waals surface area contributed by atoms with Crippen molar-refractivity contribution in [3.63, 3.8) is 0 Å². The molecule has 10 rings (SSSR count). The number of fused-ring (bicyclic) bond motifs is 3. The Labute approximate surface area is 367 Å². The molecule has 0 spiro atoms. The standard InChI is InChI=1S/C36H34O12Si7.C7H8/c37-50(31-19-7-1-8-20-31)40-49-41-51(38,32-21-9-2-10-22-32)44-55(36-29-17-6-18-30-36)46-52(39,33-23-11-3-12-24-33)45-54(43-50,35-27-15-5-16-28-35)47-53(42-49,48-55)34-25-13-4-14-26-34;1-7-5-3-2-4-6-7/h1-30,37-39,49H;2-6H,1H3/t49?,50-,51?,52?,53?,54?,55?;/m0./s1. The normalized spacial score (nSPS) is 30.5. The van der Waals surface area contributed by atoms with Crippen LogP contribution in [0.2, 0.25) is 0 Å². The van der Waals surface area contributed by atoms with Crippen molar-refractivity contribution in [3.05, 3.63) is 218 Å². The first-order valence-electron chi connectivity index (χ1n) is 19.8. The van der Waals surface area contributed by atoms with E-state index in [2.05, 4.69) is 19.1 Å². The highest BCUT2D eigenvalue weighted by molar-refractivity contribution is 7.06. The number of aryl methyl sites for hydroxylation is 1. The zero-order valence-electron chi connectivity index (χ0n) is 33.3. The summed E-state index contributed by atoms with van der Waals surface area (Å²) < 4.78 is 63.5. The molecule has 0 amide bonds. The molecule has 3 saturated heterocycles. The van der Waals surface area contributed by atoms with E-state index in [9.17, 15) is 14.4 Å². The minimum Gasteiger partial charge on any atom is -0.387 e. The molecule has 3 aliphatic rings. The largest absolute Gasteiger partial charge is 0.520 e. The van der Waals surface area contributed by atoms with Crippen LogP contribution in [0.4, 0.5) is 0 Å². The molecule has 6 unspecified atom stereocenters. The van der Waals surface area contributed by atoms with Gasteiger partial charge in [0.15, 0.2) is 0 Å². The fraction of sp³-hybridized carbons (Fsp3) is 0.0233. The number of hydrogen-bond acceptors (Lipinski definition) is 12. The van der Waals surface area contributed by atoms with Crippen LogP contribution in [-0.4, -0.2) is 76.7 Å². The van der Waals surface area contributed by atoms with Gasteiger partial charge in [-0.2, -0.15) is 0 Å². The molecule has 3 heterocycles. The Bertz CT molecular complexity index is 2440. The first kappa shape index (κ1) is 42.9. The SMILES string of the molecule is Cc1ccccc1.O[Si]1(c2ccccc2)O[SiH]2O[Si]3(c4ccccc4)O[Si](c4ccccc4)(O1)O[Si](O)(c1ccccc1)O[Si](c1ccccc1)(O3)O[Si@](O)(c1ccccc1)O2. The van der Waals surface area contributed by atoms with Gasteiger partial charge in [-0.25, -0.2) is 0 Å². The molecular weight excluding hydrogens is 905 g/mol. The van der Waals surface area contributed by atoms with Crippen LogP contribution in [0.1, 0.15) is 5.56 Å². The second kappa shape index (κ2) is 17.6. The zero-order chi connectivity index (χ0) is 42.7. The van der Waals surface area contributed by atoms with Crippen LogP contribution in [0.25, 0.3) is 0 Å². The Hall–Kier alpha value is -4.42. The minimum absolute atomic E-state index is 0.253. The van der Waals surface area contributed by atoms with E-state index in [1.54, 1.807) is 164 Å². The smallest absolute Gasteiger partial charge is 0.387 e. The molecule has 4 bridgehead atoms. The van der Waals surface area contributed by atoms with Gasteiger partial charge in [-0.15, -0.1) is 0 Å². The minimum atomic E-state index is -4.96. The fourth-order valence-electron chi connectivity index (χ4n) is 7.12. The highest BCUT2D eigenvalue weighted by Crippen LogP contribution is 2.38. The van der Waals surface area contributed by atoms with Gasteiger partial charge in [-0.1, -0.05) is 218 Å². The average Bonchev–Trinajstić information content (AvgIpc) is 3.29. The van der Waals surface area contributed by atoms with Gasteiger partial charge in [-0.3, -0.25) is 0 Å². The van der Waals surface area contributed by atoms with E-state index in [0.717, 1.165) is 0 Å². The second-order valence-corrected chi connectivity index (χ2v) is 33.1. The van der Waals surface area contributed by atoms with Crippen LogP contribution in [0.3, 0.4) is 0 Å². The summed E-state index contributed by atoms with van der Waals surface area (Å²) >= 11 is 0. The van der Waals surface area contributed by atoms with E-state index in [1.165, 1.54) is 5.56 Å². The Morgan fingerprint density at radius 1 is 0.290 bits per heavy atom. The van der Waals surface area contributed by atoms with Gasteiger partial charge in [0.2, 0.25) is 0 Å². The summed E-state index contributed by atoms with van der Waals surface area (Å²) in [5.74, 6) is 0. The molecule has 7 atom stereocenters. The van der Waals surface area contributed by atoms with Gasteiger partial charge < -0.3 is 51.4 Å². The predicted molar refractivity (Wildman–Crippen MR) is 246 cm³/mol. The maximum Gasteiger partial charge on any atom is 0.520 e. The molecular formula is C43H42O12Si7. The van der Waals surface area contributed by atoms with Gasteiger partial charge in [0.05, 0.1) is 0 Å². The van der Waals surface area contributed by atoms with Crippen molar-refractivity contribution in [1.82, 2.24) is 0 Å². The zero-order valence-corrected chi connectivity index (χ0v) is 40.5. The summed E-state index contributed by atoms with van der Waals surface area (Å²) in [5.41, 5.74) is 1.32. The summed E-state index contributed by atoms with van der Waals surface area (Å²) in [5, 5.41) is 1.98. The van der Waals surface area contributed by atoms with Gasteiger partial charge in [-0.05, 0) is 6.92 Å². The van der Waals surface area contributed by atoms with Crippen LogP contribution in [0, 0.1) is 6.92 Å². The van der Waals surface area contributed by atoms with Crippen molar-refractivity contribution in [2.45, 2.75) is 6.92 Å². The van der Waals surface area contributed by atoms with E-state index in [-0.39, 0.29) is 15.6 Å². The van der Waals surface area contributed by atoms with Crippen molar-refractivity contribution in [1.29, 1.82) is 0 Å². The van der Waals surface area contributed by atoms with Crippen molar-refractivity contribution in [2.75, 3.05) is 0 Å². The van der Waals surface area contributed by atoms with E-state index in [4.69, 9.17) is 37.0 Å². The number of hydrogen-bond donors (Lipinski definition) is 3. The van der Waals surface area contributed by atoms with E-state index in [1.807, 2.05) is 36.4 Å². The van der Waals surface area contributed by atoms with Crippen molar-refractivity contribution in [2.24, 2.45) is 0 Å². The maximum absolute atomic E-state index is 13.3. The molecule has 62 heavy (non-hydrogen) atoms. The third-order valence-electron chi connectivity index (χ3n) is 10.1. The number of rotatable bonds is 6. The predicted octanol–water partition coefficient (Wildman–Crippen LogP) is 1.94. The van der Waals surface area contributed by atoms with E-state index < -0.39 is 62.4 Å². The average molecular weight is 947 g/mol. The third-order valence-corrected chi connectivity index (χ3v) is 35.6. The van der Waals surface area contributed by atoms with Crippen molar-refractivity contribution >= 4 is 93.5 Å². The summed E-state index contributed by atoms with van der Waals surface area (Å²) in [6.07, 6.45) is 0. The second-order valence-electron chi connectivity index (χ2n) is 14.5. The van der Waals surface area contributed by atoms with Gasteiger partial charge >= 0.3 is 62.4 Å². The van der Waals surface area contributed by atoms with Gasteiger partial charge in [0, 0.05) is 31.1 Å². The first-order valence-corrected chi connectivity index (χ1v) is 31.7. The summed E-state index contributed by atoms with van der Waals surface area (Å²) in [6.45, 7) is 2.08. The molecule has 0 aromatic heterocycles. The summed E-state index contributed by atoms with van der Waals surface area (Å²) in [6, 6.07) is 62.6. The van der Waals surface area contributed by atoms with Gasteiger partial charge in [0.25, 0.3) is 0 Å².